The third-order valence-corrected chi connectivity index (χ3v) is 3.32. The molecule has 0 bridgehead atoms. The average Bonchev–Trinajstić information content (AvgIpc) is 2.89. The zero-order valence-corrected chi connectivity index (χ0v) is 12.8. The van der Waals surface area contributed by atoms with Gasteiger partial charge < -0.3 is 4.74 Å². The molecule has 0 fully saturated rings. The fraction of sp³-hybridized carbons (Fsp3) is 0.571. The van der Waals surface area contributed by atoms with Crippen LogP contribution in [0.15, 0.2) is 22.5 Å². The van der Waals surface area contributed by atoms with E-state index in [1.54, 1.807) is 6.07 Å². The fourth-order valence-electron chi connectivity index (χ4n) is 1.21. The monoisotopic (exact) mass is 282 g/mol. The van der Waals surface area contributed by atoms with Gasteiger partial charge in [-0.2, -0.15) is 0 Å². The van der Waals surface area contributed by atoms with Crippen molar-refractivity contribution in [3.63, 3.8) is 0 Å². The molecule has 0 radical (unpaired) electrons. The van der Waals surface area contributed by atoms with Gasteiger partial charge in [0.1, 0.15) is 0 Å². The highest BCUT2D eigenvalue weighted by Crippen LogP contribution is 2.08. The zero-order chi connectivity index (χ0) is 14.3. The van der Waals surface area contributed by atoms with Gasteiger partial charge in [0, 0.05) is 0 Å². The molecule has 1 rings (SSSR count). The molecule has 0 aliphatic carbocycles. The van der Waals surface area contributed by atoms with E-state index in [4.69, 9.17) is 4.74 Å². The molecule has 0 saturated heterocycles. The molecule has 1 atom stereocenters. The minimum absolute atomic E-state index is 0.130. The Kier molecular flexibility index (Phi) is 6.56. The van der Waals surface area contributed by atoms with Crippen molar-refractivity contribution < 1.29 is 9.53 Å². The minimum Gasteiger partial charge on any atom is -0.465 e. The molecule has 1 aromatic heterocycles. The molecule has 0 aromatic carbocycles. The number of nitrogens with one attached hydrogen (secondary N) is 1. The van der Waals surface area contributed by atoms with Crippen molar-refractivity contribution in [2.24, 2.45) is 10.9 Å². The number of ether oxygens (including phenoxy) is 1. The molecule has 0 saturated carbocycles. The van der Waals surface area contributed by atoms with Crippen LogP contribution in [-0.2, 0) is 4.74 Å². The van der Waals surface area contributed by atoms with Crippen LogP contribution in [0.2, 0.25) is 0 Å². The first kappa shape index (κ1) is 15.7. The molecule has 106 valence electrons. The highest BCUT2D eigenvalue weighted by atomic mass is 32.1. The number of hydrogen-bond donors (Lipinski definition) is 1. The Labute approximate surface area is 118 Å². The van der Waals surface area contributed by atoms with Gasteiger partial charge in [0.15, 0.2) is 0 Å². The summed E-state index contributed by atoms with van der Waals surface area (Å²) in [4.78, 5) is 17.0. The summed E-state index contributed by atoms with van der Waals surface area (Å²) in [7, 11) is 0. The van der Waals surface area contributed by atoms with Gasteiger partial charge in [0.25, 0.3) is 11.9 Å². The van der Waals surface area contributed by atoms with Gasteiger partial charge in [-0.05, 0) is 30.7 Å². The lowest BCUT2D eigenvalue weighted by atomic mass is 10.2. The van der Waals surface area contributed by atoms with Crippen molar-refractivity contribution in [3.05, 3.63) is 22.4 Å². The largest absolute Gasteiger partial charge is 0.465 e. The first-order chi connectivity index (χ1) is 9.02. The summed E-state index contributed by atoms with van der Waals surface area (Å²) in [5.74, 6) is 0.224. The maximum Gasteiger partial charge on any atom is 0.291 e. The SMILES string of the molecule is CC[C@H](C)N=C(NC(=O)c1cccs1)OCC(C)C. The second-order valence-electron chi connectivity index (χ2n) is 4.83. The third kappa shape index (κ3) is 5.87. The Morgan fingerprint density at radius 3 is 2.74 bits per heavy atom. The van der Waals surface area contributed by atoms with Gasteiger partial charge >= 0.3 is 0 Å². The number of amides is 1. The van der Waals surface area contributed by atoms with Crippen LogP contribution < -0.4 is 5.32 Å². The lowest BCUT2D eigenvalue weighted by molar-refractivity contribution is 0.0967. The van der Waals surface area contributed by atoms with E-state index in [1.165, 1.54) is 11.3 Å². The highest BCUT2D eigenvalue weighted by molar-refractivity contribution is 7.12. The van der Waals surface area contributed by atoms with E-state index in [1.807, 2.05) is 18.4 Å². The Balaban J connectivity index is 2.68. The Bertz CT molecular complexity index is 413. The molecule has 1 N–H and O–H groups in total. The van der Waals surface area contributed by atoms with Gasteiger partial charge in [-0.15, -0.1) is 11.3 Å². The predicted octanol–water partition coefficient (Wildman–Crippen LogP) is 3.31. The number of thiophene rings is 1. The van der Waals surface area contributed by atoms with E-state index in [0.717, 1.165) is 6.42 Å². The standard InChI is InChI=1S/C14H22N2O2S/c1-5-11(4)15-14(18-9-10(2)3)16-13(17)12-7-6-8-19-12/h6-8,10-11H,5,9H2,1-4H3,(H,15,16,17)/t11-/m0/s1. The van der Waals surface area contributed by atoms with Crippen LogP contribution in [0.1, 0.15) is 43.8 Å². The first-order valence-corrected chi connectivity index (χ1v) is 7.46. The first-order valence-electron chi connectivity index (χ1n) is 6.58. The van der Waals surface area contributed by atoms with Gasteiger partial charge in [-0.3, -0.25) is 10.1 Å². The van der Waals surface area contributed by atoms with E-state index < -0.39 is 0 Å². The van der Waals surface area contributed by atoms with Crippen molar-refractivity contribution in [2.45, 2.75) is 40.2 Å². The van der Waals surface area contributed by atoms with Crippen molar-refractivity contribution >= 4 is 23.3 Å². The maximum absolute atomic E-state index is 12.0. The van der Waals surface area contributed by atoms with Gasteiger partial charge in [-0.1, -0.05) is 26.8 Å². The molecule has 1 amide bonds. The molecule has 1 aromatic rings. The summed E-state index contributed by atoms with van der Waals surface area (Å²) in [6.07, 6.45) is 0.906. The molecule has 0 aliphatic rings. The molecular formula is C14H22N2O2S. The van der Waals surface area contributed by atoms with Crippen LogP contribution in [0.5, 0.6) is 0 Å². The molecule has 4 nitrogen and oxygen atoms in total. The quantitative estimate of drug-likeness (QED) is 0.665. The average molecular weight is 282 g/mol. The Morgan fingerprint density at radius 1 is 1.47 bits per heavy atom. The smallest absolute Gasteiger partial charge is 0.291 e. The van der Waals surface area contributed by atoms with Crippen LogP contribution in [0, 0.1) is 5.92 Å². The van der Waals surface area contributed by atoms with E-state index in [2.05, 4.69) is 31.1 Å². The third-order valence-electron chi connectivity index (χ3n) is 2.45. The van der Waals surface area contributed by atoms with Crippen LogP contribution >= 0.6 is 11.3 Å². The molecule has 5 heteroatoms. The summed E-state index contributed by atoms with van der Waals surface area (Å²) < 4.78 is 5.57. The topological polar surface area (TPSA) is 50.7 Å². The summed E-state index contributed by atoms with van der Waals surface area (Å²) in [5, 5.41) is 4.61. The molecular weight excluding hydrogens is 260 g/mol. The Hall–Kier alpha value is -1.36. The fourth-order valence-corrected chi connectivity index (χ4v) is 1.83. The van der Waals surface area contributed by atoms with E-state index in [9.17, 15) is 4.79 Å². The molecule has 0 unspecified atom stereocenters. The van der Waals surface area contributed by atoms with E-state index in [0.29, 0.717) is 23.4 Å². The zero-order valence-electron chi connectivity index (χ0n) is 12.0. The number of carbonyl (C=O) groups excluding carboxylic acids is 1. The highest BCUT2D eigenvalue weighted by Gasteiger charge is 2.12. The number of nitrogens with zero attached hydrogens (tertiary/aromatic N) is 1. The second-order valence-corrected chi connectivity index (χ2v) is 5.78. The van der Waals surface area contributed by atoms with Crippen molar-refractivity contribution in [1.82, 2.24) is 5.32 Å². The number of aliphatic imine (C=N–C) groups is 1. The minimum atomic E-state index is -0.166. The van der Waals surface area contributed by atoms with Crippen LogP contribution in [-0.4, -0.2) is 24.6 Å². The lowest BCUT2D eigenvalue weighted by Crippen LogP contribution is -2.33. The summed E-state index contributed by atoms with van der Waals surface area (Å²) >= 11 is 1.40. The normalized spacial score (nSPS) is 13.4. The summed E-state index contributed by atoms with van der Waals surface area (Å²) in [5.41, 5.74) is 0. The van der Waals surface area contributed by atoms with Crippen LogP contribution in [0.4, 0.5) is 0 Å². The molecule has 19 heavy (non-hydrogen) atoms. The second kappa shape index (κ2) is 7.94. The van der Waals surface area contributed by atoms with Gasteiger partial charge in [0.2, 0.25) is 0 Å². The lowest BCUT2D eigenvalue weighted by Gasteiger charge is -2.13. The molecule has 0 spiro atoms. The number of amidine groups is 1. The van der Waals surface area contributed by atoms with Crippen molar-refractivity contribution in [1.29, 1.82) is 0 Å². The van der Waals surface area contributed by atoms with E-state index in [-0.39, 0.29) is 11.9 Å². The van der Waals surface area contributed by atoms with E-state index >= 15 is 0 Å². The van der Waals surface area contributed by atoms with Gasteiger partial charge in [0.05, 0.1) is 17.5 Å². The van der Waals surface area contributed by atoms with Crippen molar-refractivity contribution in [2.75, 3.05) is 6.61 Å². The number of rotatable bonds is 5. The number of carbonyl (C=O) groups is 1. The molecule has 1 heterocycles. The number of hydrogen-bond acceptors (Lipinski definition) is 4. The predicted molar refractivity (Wildman–Crippen MR) is 79.8 cm³/mol. The molecule has 0 aliphatic heterocycles. The Morgan fingerprint density at radius 2 is 2.21 bits per heavy atom. The summed E-state index contributed by atoms with van der Waals surface area (Å²) in [6, 6.07) is 4.08. The van der Waals surface area contributed by atoms with Crippen LogP contribution in [0.25, 0.3) is 0 Å². The van der Waals surface area contributed by atoms with Crippen molar-refractivity contribution in [3.8, 4) is 0 Å². The van der Waals surface area contributed by atoms with Gasteiger partial charge in [-0.25, -0.2) is 4.99 Å². The maximum atomic E-state index is 12.0. The van der Waals surface area contributed by atoms with Crippen LogP contribution in [0.3, 0.4) is 0 Å². The summed E-state index contributed by atoms with van der Waals surface area (Å²) in [6.45, 7) is 8.70.